The molecule has 0 fully saturated rings. The van der Waals surface area contributed by atoms with Crippen molar-refractivity contribution < 1.29 is 29.8 Å². The molecule has 0 N–H and O–H groups in total. The Kier molecular flexibility index (Phi) is 4.78. The number of benzene rings is 2. The van der Waals surface area contributed by atoms with Gasteiger partial charge < -0.3 is 4.42 Å². The molecule has 0 aliphatic heterocycles. The normalized spacial score (nSPS) is 12.3. The number of fused-ring (bicyclic) bond motifs is 3. The van der Waals surface area contributed by atoms with Crippen molar-refractivity contribution in [2.75, 3.05) is 0 Å². The van der Waals surface area contributed by atoms with E-state index in [2.05, 4.69) is 8.57 Å². The van der Waals surface area contributed by atoms with Crippen molar-refractivity contribution in [3.05, 3.63) is 102 Å². The molecule has 178 valence electrons. The van der Waals surface area contributed by atoms with E-state index in [-0.39, 0.29) is 19.3 Å². The van der Waals surface area contributed by atoms with Crippen molar-refractivity contribution in [1.82, 2.24) is 9.46 Å². The van der Waals surface area contributed by atoms with Crippen LogP contribution in [0.5, 0.6) is 0 Å². The van der Waals surface area contributed by atoms with Crippen LogP contribution in [0.4, 0.5) is 0 Å². The molecular formula is C20H10N2O11S2. The summed E-state index contributed by atoms with van der Waals surface area (Å²) in [5.41, 5.74) is -7.24. The highest BCUT2D eigenvalue weighted by Crippen LogP contribution is 2.20. The summed E-state index contributed by atoms with van der Waals surface area (Å²) in [5.74, 6) is 0. The van der Waals surface area contributed by atoms with E-state index in [9.17, 15) is 36.0 Å². The van der Waals surface area contributed by atoms with Crippen molar-refractivity contribution in [1.29, 1.82) is 0 Å². The van der Waals surface area contributed by atoms with E-state index in [1.807, 2.05) is 0 Å². The lowest BCUT2D eigenvalue weighted by atomic mass is 10.3. The number of aromatic nitrogens is 2. The fraction of sp³-hybridized carbons (Fsp3) is 0. The van der Waals surface area contributed by atoms with Crippen molar-refractivity contribution in [2.45, 2.75) is 9.79 Å². The second-order valence-corrected chi connectivity index (χ2v) is 10.1. The minimum absolute atomic E-state index is 0.140. The zero-order valence-corrected chi connectivity index (χ0v) is 18.6. The molecule has 13 nitrogen and oxygen atoms in total. The van der Waals surface area contributed by atoms with Crippen LogP contribution >= 0.6 is 0 Å². The Morgan fingerprint density at radius 1 is 0.543 bits per heavy atom. The Morgan fingerprint density at radius 3 is 1.23 bits per heavy atom. The average molecular weight is 518 g/mol. The average Bonchev–Trinajstić information content (AvgIpc) is 3.42. The summed E-state index contributed by atoms with van der Waals surface area (Å²) >= 11 is 0. The maximum Gasteiger partial charge on any atom is 0.357 e. The molecule has 5 rings (SSSR count). The van der Waals surface area contributed by atoms with Gasteiger partial charge in [-0.1, -0.05) is 45.9 Å². The van der Waals surface area contributed by atoms with Gasteiger partial charge in [0.15, 0.2) is 0 Å². The highest BCUT2D eigenvalue weighted by Gasteiger charge is 2.32. The summed E-state index contributed by atoms with van der Waals surface area (Å²) in [6, 6.07) is 13.2. The van der Waals surface area contributed by atoms with Gasteiger partial charge in [0.05, 0.1) is 0 Å². The van der Waals surface area contributed by atoms with Gasteiger partial charge in [-0.25, -0.2) is 0 Å². The number of nitrogens with zero attached hydrogens (tertiary/aromatic N) is 2. The van der Waals surface area contributed by atoms with Crippen LogP contribution in [0, 0.1) is 0 Å². The first-order valence-electron chi connectivity index (χ1n) is 9.46. The molecule has 35 heavy (non-hydrogen) atoms. The number of rotatable bonds is 6. The number of hydrogen-bond donors (Lipinski definition) is 0. The lowest BCUT2D eigenvalue weighted by molar-refractivity contribution is 0.262. The molecule has 0 atom stereocenters. The van der Waals surface area contributed by atoms with E-state index in [4.69, 9.17) is 4.42 Å². The van der Waals surface area contributed by atoms with Gasteiger partial charge in [-0.05, 0) is 24.3 Å². The predicted octanol–water partition coefficient (Wildman–Crippen LogP) is -0.860. The highest BCUT2D eigenvalue weighted by atomic mass is 32.2. The lowest BCUT2D eigenvalue weighted by Crippen LogP contribution is -2.36. The van der Waals surface area contributed by atoms with Crippen LogP contribution in [-0.2, 0) is 20.2 Å². The molecule has 2 aromatic carbocycles. The molecule has 0 amide bonds. The van der Waals surface area contributed by atoms with Crippen LogP contribution in [0.25, 0.3) is 21.9 Å². The van der Waals surface area contributed by atoms with E-state index in [1.54, 1.807) is 0 Å². The second-order valence-electron chi connectivity index (χ2n) is 7.00. The van der Waals surface area contributed by atoms with Crippen LogP contribution in [0.15, 0.2) is 94.0 Å². The molecule has 0 saturated heterocycles. The fourth-order valence-corrected chi connectivity index (χ4v) is 5.12. The minimum atomic E-state index is -4.63. The Hall–Kier alpha value is -4.50. The first kappa shape index (κ1) is 22.3. The monoisotopic (exact) mass is 518 g/mol. The Labute approximate surface area is 193 Å². The zero-order chi connectivity index (χ0) is 25.1. The Balaban J connectivity index is 1.66. The molecule has 0 bridgehead atoms. The van der Waals surface area contributed by atoms with Gasteiger partial charge in [-0.2, -0.15) is 16.8 Å². The van der Waals surface area contributed by atoms with Crippen molar-refractivity contribution in [2.24, 2.45) is 0 Å². The van der Waals surface area contributed by atoms with Crippen LogP contribution in [0.3, 0.4) is 0 Å². The first-order valence-corrected chi connectivity index (χ1v) is 12.3. The first-order chi connectivity index (χ1) is 16.5. The van der Waals surface area contributed by atoms with Gasteiger partial charge in [0, 0.05) is 0 Å². The fourth-order valence-electron chi connectivity index (χ4n) is 3.30. The third-order valence-corrected chi connectivity index (χ3v) is 7.26. The number of hydrogen-bond acceptors (Lipinski definition) is 11. The predicted molar refractivity (Wildman–Crippen MR) is 118 cm³/mol. The summed E-state index contributed by atoms with van der Waals surface area (Å²) in [4.78, 5) is 50.1. The summed E-state index contributed by atoms with van der Waals surface area (Å²) in [6.45, 7) is 0. The van der Waals surface area contributed by atoms with E-state index >= 15 is 0 Å². The van der Waals surface area contributed by atoms with Gasteiger partial charge >= 0.3 is 42.5 Å². The lowest BCUT2D eigenvalue weighted by Gasteiger charge is -2.04. The quantitative estimate of drug-likeness (QED) is 0.273. The molecule has 5 aromatic rings. The topological polar surface area (TPSA) is 178 Å². The van der Waals surface area contributed by atoms with E-state index in [0.717, 1.165) is 24.3 Å². The zero-order valence-electron chi connectivity index (χ0n) is 17.0. The molecule has 0 spiro atoms. The van der Waals surface area contributed by atoms with E-state index in [0.29, 0.717) is 0 Å². The third kappa shape index (κ3) is 3.36. The van der Waals surface area contributed by atoms with E-state index in [1.165, 1.54) is 36.4 Å². The second kappa shape index (κ2) is 7.51. The molecule has 0 aliphatic carbocycles. The summed E-state index contributed by atoms with van der Waals surface area (Å²) in [7, 11) is -9.27. The Morgan fingerprint density at radius 2 is 0.886 bits per heavy atom. The smallest absolute Gasteiger partial charge is 0.357 e. The van der Waals surface area contributed by atoms with Crippen LogP contribution in [-0.4, -0.2) is 26.3 Å². The van der Waals surface area contributed by atoms with Crippen LogP contribution in [0.2, 0.25) is 0 Å². The molecule has 3 aromatic heterocycles. The molecule has 15 heteroatoms. The molecule has 0 aliphatic rings. The summed E-state index contributed by atoms with van der Waals surface area (Å²) in [5, 5.41) is -1.54. The van der Waals surface area contributed by atoms with Crippen molar-refractivity contribution in [3.8, 4) is 0 Å². The largest absolute Gasteiger partial charge is 0.444 e. The van der Waals surface area contributed by atoms with Gasteiger partial charge in [0.25, 0.3) is 0 Å². The van der Waals surface area contributed by atoms with Gasteiger partial charge in [-0.3, -0.25) is 27.7 Å². The summed E-state index contributed by atoms with van der Waals surface area (Å²) in [6.07, 6.45) is 0. The SMILES string of the molecule is O=c1c2oc3c(=O)n(OS(=O)(=O)c4ccccc4)c(=O)c3c2c(=O)n1OS(=O)(=O)c1ccccc1. The van der Waals surface area contributed by atoms with Crippen LogP contribution < -0.4 is 30.8 Å². The van der Waals surface area contributed by atoms with Crippen LogP contribution in [0.1, 0.15) is 0 Å². The summed E-state index contributed by atoms with van der Waals surface area (Å²) < 4.78 is 63.8. The van der Waals surface area contributed by atoms with Gasteiger partial charge in [0.1, 0.15) is 20.6 Å². The number of furan rings is 1. The van der Waals surface area contributed by atoms with Crippen molar-refractivity contribution in [3.63, 3.8) is 0 Å². The molecular weight excluding hydrogens is 508 g/mol. The highest BCUT2D eigenvalue weighted by molar-refractivity contribution is 7.87. The van der Waals surface area contributed by atoms with Gasteiger partial charge in [0.2, 0.25) is 11.2 Å². The molecule has 0 radical (unpaired) electrons. The standard InChI is InChI=1S/C20H10N2O11S2/c23-17-13-14-16(20(26)22(18(14)24)33-35(29,30)12-9-5-2-6-10-12)31-15(13)19(25)21(17)32-34(27,28)11-7-3-1-4-8-11/h1-10H. The maximum atomic E-state index is 12.8. The third-order valence-electron chi connectivity index (χ3n) is 4.87. The van der Waals surface area contributed by atoms with E-state index < -0.39 is 64.4 Å². The molecule has 0 unspecified atom stereocenters. The molecule has 3 heterocycles. The minimum Gasteiger partial charge on any atom is -0.444 e. The Bertz CT molecular complexity index is 1900. The molecule has 0 saturated carbocycles. The van der Waals surface area contributed by atoms with Gasteiger partial charge in [-0.15, -0.1) is 0 Å². The van der Waals surface area contributed by atoms with Crippen molar-refractivity contribution >= 4 is 42.2 Å². The maximum absolute atomic E-state index is 12.8.